The Morgan fingerprint density at radius 2 is 2.14 bits per heavy atom. The lowest BCUT2D eigenvalue weighted by molar-refractivity contribution is -0.129. The molecule has 4 rings (SSSR count). The minimum atomic E-state index is 0.0322. The zero-order valence-electron chi connectivity index (χ0n) is 16.1. The van der Waals surface area contributed by atoms with E-state index in [0.29, 0.717) is 36.0 Å². The van der Waals surface area contributed by atoms with E-state index in [1.165, 1.54) is 0 Å². The third-order valence-electron chi connectivity index (χ3n) is 5.12. The van der Waals surface area contributed by atoms with Gasteiger partial charge in [0.1, 0.15) is 5.75 Å². The monoisotopic (exact) mass is 406 g/mol. The van der Waals surface area contributed by atoms with Crippen molar-refractivity contribution in [1.29, 1.82) is 0 Å². The molecule has 0 saturated carbocycles. The summed E-state index contributed by atoms with van der Waals surface area (Å²) in [5.74, 6) is 0.598. The number of fused-ring (bicyclic) bond motifs is 2. The second-order valence-electron chi connectivity index (χ2n) is 6.89. The van der Waals surface area contributed by atoms with E-state index in [4.69, 9.17) is 27.9 Å². The van der Waals surface area contributed by atoms with Crippen LogP contribution in [0.4, 0.5) is 17.1 Å². The van der Waals surface area contributed by atoms with Crippen molar-refractivity contribution < 1.29 is 9.53 Å². The molecular formula is C22H19ClN4O2. The summed E-state index contributed by atoms with van der Waals surface area (Å²) in [6.45, 7) is 10.1. The predicted molar refractivity (Wildman–Crippen MR) is 114 cm³/mol. The molecule has 0 saturated heterocycles. The Kier molecular flexibility index (Phi) is 4.99. The second-order valence-corrected chi connectivity index (χ2v) is 7.30. The van der Waals surface area contributed by atoms with Gasteiger partial charge in [-0.2, -0.15) is 0 Å². The SMILES string of the molecule is [C-]#[N+]c1ccc2nc3c(c(Nc4ccc(Cl)c(OC)c4)c2c1)CN(C(C)=O)CC3. The number of rotatable bonds is 3. The van der Waals surface area contributed by atoms with Crippen LogP contribution >= 0.6 is 11.6 Å². The maximum atomic E-state index is 12.0. The van der Waals surface area contributed by atoms with E-state index in [1.807, 2.05) is 29.2 Å². The van der Waals surface area contributed by atoms with Gasteiger partial charge in [0.25, 0.3) is 0 Å². The number of hydrogen-bond donors (Lipinski definition) is 1. The average molecular weight is 407 g/mol. The summed E-state index contributed by atoms with van der Waals surface area (Å²) < 4.78 is 5.33. The third-order valence-corrected chi connectivity index (χ3v) is 5.43. The molecule has 0 atom stereocenters. The first kappa shape index (κ1) is 19.0. The Hall–Kier alpha value is -3.30. The van der Waals surface area contributed by atoms with E-state index >= 15 is 0 Å². The molecule has 6 nitrogen and oxygen atoms in total. The molecule has 0 spiro atoms. The molecule has 1 aromatic heterocycles. The van der Waals surface area contributed by atoms with Crippen molar-refractivity contribution in [3.05, 3.63) is 64.1 Å². The highest BCUT2D eigenvalue weighted by atomic mass is 35.5. The topological polar surface area (TPSA) is 58.8 Å². The first-order valence-electron chi connectivity index (χ1n) is 9.19. The number of amides is 1. The normalized spacial score (nSPS) is 13.0. The van der Waals surface area contributed by atoms with Crippen LogP contribution in [0, 0.1) is 6.57 Å². The number of carbonyl (C=O) groups is 1. The van der Waals surface area contributed by atoms with Crippen LogP contribution in [-0.2, 0) is 17.8 Å². The van der Waals surface area contributed by atoms with Crippen LogP contribution in [0.5, 0.6) is 5.75 Å². The molecule has 2 aromatic carbocycles. The van der Waals surface area contributed by atoms with Gasteiger partial charge < -0.3 is 15.0 Å². The summed E-state index contributed by atoms with van der Waals surface area (Å²) in [5, 5.41) is 4.84. The molecule has 0 aliphatic carbocycles. The zero-order valence-corrected chi connectivity index (χ0v) is 16.9. The standard InChI is InChI=1S/C22H19ClN4O2/c1-13(28)27-9-8-20-17(12-27)22(16-10-14(24-2)5-7-19(16)26-20)25-15-4-6-18(23)21(11-15)29-3/h4-7,10-11H,8-9,12H2,1,3H3,(H,25,26). The van der Waals surface area contributed by atoms with Gasteiger partial charge in [0, 0.05) is 54.8 Å². The minimum absolute atomic E-state index is 0.0322. The molecule has 2 heterocycles. The Bertz CT molecular complexity index is 1170. The van der Waals surface area contributed by atoms with E-state index in [9.17, 15) is 4.79 Å². The van der Waals surface area contributed by atoms with Crippen molar-refractivity contribution in [2.24, 2.45) is 0 Å². The molecule has 1 aliphatic heterocycles. The van der Waals surface area contributed by atoms with E-state index in [-0.39, 0.29) is 5.91 Å². The number of anilines is 2. The molecule has 1 N–H and O–H groups in total. The van der Waals surface area contributed by atoms with Gasteiger partial charge in [-0.3, -0.25) is 9.78 Å². The number of carbonyl (C=O) groups excluding carboxylic acids is 1. The fourth-order valence-electron chi connectivity index (χ4n) is 3.59. The fourth-order valence-corrected chi connectivity index (χ4v) is 3.79. The lowest BCUT2D eigenvalue weighted by Crippen LogP contribution is -2.35. The highest BCUT2D eigenvalue weighted by molar-refractivity contribution is 6.32. The number of ether oxygens (including phenoxy) is 1. The van der Waals surface area contributed by atoms with Gasteiger partial charge >= 0.3 is 0 Å². The number of hydrogen-bond acceptors (Lipinski definition) is 4. The molecule has 0 bridgehead atoms. The number of nitrogens with zero attached hydrogens (tertiary/aromatic N) is 3. The van der Waals surface area contributed by atoms with E-state index < -0.39 is 0 Å². The second kappa shape index (κ2) is 7.61. The van der Waals surface area contributed by atoms with E-state index in [0.717, 1.165) is 33.5 Å². The van der Waals surface area contributed by atoms with Crippen molar-refractivity contribution in [3.63, 3.8) is 0 Å². The summed E-state index contributed by atoms with van der Waals surface area (Å²) >= 11 is 6.16. The summed E-state index contributed by atoms with van der Waals surface area (Å²) in [5.41, 5.74) is 4.94. The Labute approximate surface area is 173 Å². The zero-order chi connectivity index (χ0) is 20.5. The van der Waals surface area contributed by atoms with Gasteiger partial charge in [0.2, 0.25) is 5.91 Å². The fraction of sp³-hybridized carbons (Fsp3) is 0.227. The smallest absolute Gasteiger partial charge is 0.219 e. The molecule has 0 radical (unpaired) electrons. The molecule has 1 amide bonds. The van der Waals surface area contributed by atoms with Gasteiger partial charge in [-0.05, 0) is 24.3 Å². The highest BCUT2D eigenvalue weighted by Gasteiger charge is 2.24. The predicted octanol–water partition coefficient (Wildman–Crippen LogP) is 5.10. The number of halogens is 1. The molecular weight excluding hydrogens is 388 g/mol. The van der Waals surface area contributed by atoms with Crippen molar-refractivity contribution in [3.8, 4) is 5.75 Å². The lowest BCUT2D eigenvalue weighted by atomic mass is 9.99. The van der Waals surface area contributed by atoms with Crippen molar-refractivity contribution in [2.75, 3.05) is 19.0 Å². The number of nitrogens with one attached hydrogen (secondary N) is 1. The third kappa shape index (κ3) is 3.57. The molecule has 3 aromatic rings. The summed E-state index contributed by atoms with van der Waals surface area (Å²) in [4.78, 5) is 22.1. The van der Waals surface area contributed by atoms with Gasteiger partial charge in [0.05, 0.1) is 29.9 Å². The number of pyridine rings is 1. The number of benzene rings is 2. The largest absolute Gasteiger partial charge is 0.495 e. The summed E-state index contributed by atoms with van der Waals surface area (Å²) in [7, 11) is 1.57. The Balaban J connectivity index is 1.90. The Morgan fingerprint density at radius 1 is 1.31 bits per heavy atom. The molecule has 0 fully saturated rings. The molecule has 146 valence electrons. The minimum Gasteiger partial charge on any atom is -0.495 e. The van der Waals surface area contributed by atoms with Gasteiger partial charge in [-0.15, -0.1) is 0 Å². The van der Waals surface area contributed by atoms with Crippen LogP contribution in [0.1, 0.15) is 18.2 Å². The van der Waals surface area contributed by atoms with Crippen LogP contribution in [0.3, 0.4) is 0 Å². The van der Waals surface area contributed by atoms with Crippen LogP contribution in [0.25, 0.3) is 15.7 Å². The lowest BCUT2D eigenvalue weighted by Gasteiger charge is -2.30. The highest BCUT2D eigenvalue weighted by Crippen LogP contribution is 2.37. The van der Waals surface area contributed by atoms with Crippen LogP contribution in [0.2, 0.25) is 5.02 Å². The van der Waals surface area contributed by atoms with E-state index in [1.54, 1.807) is 26.2 Å². The van der Waals surface area contributed by atoms with Gasteiger partial charge in [0.15, 0.2) is 5.69 Å². The van der Waals surface area contributed by atoms with Crippen LogP contribution < -0.4 is 10.1 Å². The molecule has 7 heteroatoms. The number of aromatic nitrogens is 1. The van der Waals surface area contributed by atoms with Crippen molar-refractivity contribution in [2.45, 2.75) is 19.9 Å². The van der Waals surface area contributed by atoms with E-state index in [2.05, 4.69) is 10.2 Å². The van der Waals surface area contributed by atoms with Crippen LogP contribution in [0.15, 0.2) is 36.4 Å². The van der Waals surface area contributed by atoms with Crippen molar-refractivity contribution >= 4 is 45.5 Å². The number of methoxy groups -OCH3 is 1. The van der Waals surface area contributed by atoms with Gasteiger partial charge in [-0.1, -0.05) is 17.7 Å². The maximum Gasteiger partial charge on any atom is 0.219 e. The summed E-state index contributed by atoms with van der Waals surface area (Å²) in [6, 6.07) is 10.9. The van der Waals surface area contributed by atoms with Crippen molar-refractivity contribution in [1.82, 2.24) is 9.88 Å². The first-order chi connectivity index (χ1) is 14.0. The first-order valence-corrected chi connectivity index (χ1v) is 9.57. The van der Waals surface area contributed by atoms with Gasteiger partial charge in [-0.25, -0.2) is 4.85 Å². The van der Waals surface area contributed by atoms with Crippen LogP contribution in [-0.4, -0.2) is 29.4 Å². The Morgan fingerprint density at radius 3 is 2.86 bits per heavy atom. The molecule has 0 unspecified atom stereocenters. The molecule has 1 aliphatic rings. The molecule has 29 heavy (non-hydrogen) atoms. The maximum absolute atomic E-state index is 12.0. The summed E-state index contributed by atoms with van der Waals surface area (Å²) in [6.07, 6.45) is 0.689. The average Bonchev–Trinajstić information content (AvgIpc) is 2.74. The quantitative estimate of drug-likeness (QED) is 0.615.